The van der Waals surface area contributed by atoms with E-state index in [-0.39, 0.29) is 5.91 Å². The van der Waals surface area contributed by atoms with E-state index in [9.17, 15) is 4.79 Å². The van der Waals surface area contributed by atoms with E-state index in [1.54, 1.807) is 24.5 Å². The first-order valence-corrected chi connectivity index (χ1v) is 10.9. The molecule has 0 saturated carbocycles. The average Bonchev–Trinajstić information content (AvgIpc) is 3.17. The van der Waals surface area contributed by atoms with Gasteiger partial charge in [-0.05, 0) is 62.1 Å². The van der Waals surface area contributed by atoms with Crippen LogP contribution in [0.5, 0.6) is 5.75 Å². The van der Waals surface area contributed by atoms with Gasteiger partial charge in [0.25, 0.3) is 5.91 Å². The number of nitrogens with one attached hydrogen (secondary N) is 1. The fraction of sp³-hybridized carbons (Fsp3) is 0.269. The Balaban J connectivity index is 1.38. The van der Waals surface area contributed by atoms with Crippen molar-refractivity contribution in [2.45, 2.75) is 39.8 Å². The zero-order valence-electron chi connectivity index (χ0n) is 18.5. The number of amides is 1. The summed E-state index contributed by atoms with van der Waals surface area (Å²) in [5, 5.41) is 2.97. The van der Waals surface area contributed by atoms with E-state index in [1.807, 2.05) is 18.2 Å². The Morgan fingerprint density at radius 1 is 1.00 bits per heavy atom. The lowest BCUT2D eigenvalue weighted by molar-refractivity contribution is 0.0949. The molecule has 4 aromatic rings. The zero-order valence-corrected chi connectivity index (χ0v) is 18.5. The van der Waals surface area contributed by atoms with Crippen LogP contribution in [0.2, 0.25) is 0 Å². The number of aryl methyl sites for hydroxylation is 3. The van der Waals surface area contributed by atoms with Crippen molar-refractivity contribution < 1.29 is 9.53 Å². The second-order valence-electron chi connectivity index (χ2n) is 7.87. The summed E-state index contributed by atoms with van der Waals surface area (Å²) < 4.78 is 8.24. The van der Waals surface area contributed by atoms with E-state index in [0.29, 0.717) is 18.7 Å². The van der Waals surface area contributed by atoms with Crippen molar-refractivity contribution in [3.8, 4) is 5.75 Å². The summed E-state index contributed by atoms with van der Waals surface area (Å²) >= 11 is 0. The first kappa shape index (κ1) is 21.6. The second kappa shape index (κ2) is 10.1. The minimum atomic E-state index is -0.154. The zero-order chi connectivity index (χ0) is 22.3. The van der Waals surface area contributed by atoms with Crippen LogP contribution < -0.4 is 10.1 Å². The molecule has 0 unspecified atom stereocenters. The van der Waals surface area contributed by atoms with Crippen LogP contribution in [-0.2, 0) is 13.1 Å². The summed E-state index contributed by atoms with van der Waals surface area (Å²) in [6.45, 7) is 6.00. The number of benzene rings is 2. The molecule has 0 bridgehead atoms. The lowest BCUT2D eigenvalue weighted by Gasteiger charge is -2.13. The molecular formula is C26H28N4O2. The maximum atomic E-state index is 12.4. The van der Waals surface area contributed by atoms with Crippen LogP contribution in [0.4, 0.5) is 0 Å². The summed E-state index contributed by atoms with van der Waals surface area (Å²) in [6.07, 6.45) is 5.10. The molecule has 4 rings (SSSR count). The van der Waals surface area contributed by atoms with Crippen molar-refractivity contribution in [3.63, 3.8) is 0 Å². The second-order valence-corrected chi connectivity index (χ2v) is 7.87. The third kappa shape index (κ3) is 4.97. The van der Waals surface area contributed by atoms with E-state index < -0.39 is 0 Å². The van der Waals surface area contributed by atoms with Gasteiger partial charge in [0.2, 0.25) is 0 Å². The summed E-state index contributed by atoms with van der Waals surface area (Å²) in [4.78, 5) is 21.2. The number of aromatic nitrogens is 3. The predicted molar refractivity (Wildman–Crippen MR) is 126 cm³/mol. The van der Waals surface area contributed by atoms with Gasteiger partial charge in [-0.15, -0.1) is 0 Å². The van der Waals surface area contributed by atoms with E-state index in [2.05, 4.69) is 53.0 Å². The number of nitrogens with zero attached hydrogens (tertiary/aromatic N) is 3. The molecule has 0 aliphatic carbocycles. The smallest absolute Gasteiger partial charge is 0.253 e. The normalized spacial score (nSPS) is 10.9. The number of para-hydroxylation sites is 3. The molecule has 0 atom stereocenters. The predicted octanol–water partition coefficient (Wildman–Crippen LogP) is 4.84. The number of rotatable bonds is 9. The Morgan fingerprint density at radius 3 is 2.59 bits per heavy atom. The van der Waals surface area contributed by atoms with Crippen LogP contribution in [-0.4, -0.2) is 27.0 Å². The SMILES string of the molecule is Cc1cccc(C)c1OCCCCn1c(CNC(=O)c2cccnc2)nc2ccccc21. The van der Waals surface area contributed by atoms with E-state index >= 15 is 0 Å². The number of hydrogen-bond donors (Lipinski definition) is 1. The third-order valence-electron chi connectivity index (χ3n) is 5.50. The Bertz CT molecular complexity index is 1180. The van der Waals surface area contributed by atoms with Crippen molar-refractivity contribution in [1.29, 1.82) is 0 Å². The highest BCUT2D eigenvalue weighted by molar-refractivity contribution is 5.93. The molecule has 1 N–H and O–H groups in total. The first-order valence-electron chi connectivity index (χ1n) is 10.9. The summed E-state index contributed by atoms with van der Waals surface area (Å²) in [5.41, 5.74) is 4.88. The van der Waals surface area contributed by atoms with E-state index in [4.69, 9.17) is 9.72 Å². The molecule has 6 heteroatoms. The molecule has 32 heavy (non-hydrogen) atoms. The van der Waals surface area contributed by atoms with Gasteiger partial charge >= 0.3 is 0 Å². The largest absolute Gasteiger partial charge is 0.493 e. The van der Waals surface area contributed by atoms with Crippen LogP contribution >= 0.6 is 0 Å². The molecule has 2 heterocycles. The molecule has 0 spiro atoms. The van der Waals surface area contributed by atoms with Gasteiger partial charge in [0.1, 0.15) is 11.6 Å². The number of ether oxygens (including phenoxy) is 1. The molecule has 0 radical (unpaired) electrons. The van der Waals surface area contributed by atoms with Gasteiger partial charge < -0.3 is 14.6 Å². The molecular weight excluding hydrogens is 400 g/mol. The monoisotopic (exact) mass is 428 g/mol. The van der Waals surface area contributed by atoms with Crippen molar-refractivity contribution in [2.24, 2.45) is 0 Å². The van der Waals surface area contributed by atoms with Crippen LogP contribution in [0.1, 0.15) is 40.2 Å². The highest BCUT2D eigenvalue weighted by atomic mass is 16.5. The molecule has 0 aliphatic heterocycles. The number of hydrogen-bond acceptors (Lipinski definition) is 4. The Labute approximate surface area is 188 Å². The minimum Gasteiger partial charge on any atom is -0.493 e. The number of carbonyl (C=O) groups excluding carboxylic acids is 1. The fourth-order valence-corrected chi connectivity index (χ4v) is 3.84. The number of unbranched alkanes of at least 4 members (excludes halogenated alkanes) is 1. The summed E-state index contributed by atoms with van der Waals surface area (Å²) in [6, 6.07) is 17.8. The summed E-state index contributed by atoms with van der Waals surface area (Å²) in [5.74, 6) is 1.68. The molecule has 0 fully saturated rings. The Hall–Kier alpha value is -3.67. The molecule has 6 nitrogen and oxygen atoms in total. The lowest BCUT2D eigenvalue weighted by Crippen LogP contribution is -2.25. The molecule has 2 aromatic heterocycles. The number of carbonyl (C=O) groups is 1. The first-order chi connectivity index (χ1) is 15.6. The maximum absolute atomic E-state index is 12.4. The van der Waals surface area contributed by atoms with Crippen LogP contribution in [0.25, 0.3) is 11.0 Å². The van der Waals surface area contributed by atoms with Gasteiger partial charge in [-0.3, -0.25) is 9.78 Å². The number of fused-ring (bicyclic) bond motifs is 1. The van der Waals surface area contributed by atoms with Gasteiger partial charge in [0, 0.05) is 18.9 Å². The van der Waals surface area contributed by atoms with Crippen LogP contribution in [0, 0.1) is 13.8 Å². The maximum Gasteiger partial charge on any atom is 0.253 e. The van der Waals surface area contributed by atoms with Gasteiger partial charge in [-0.1, -0.05) is 30.3 Å². The van der Waals surface area contributed by atoms with Gasteiger partial charge in [-0.2, -0.15) is 0 Å². The molecule has 0 aliphatic rings. The Morgan fingerprint density at radius 2 is 1.81 bits per heavy atom. The third-order valence-corrected chi connectivity index (χ3v) is 5.50. The average molecular weight is 429 g/mol. The highest BCUT2D eigenvalue weighted by Crippen LogP contribution is 2.23. The van der Waals surface area contributed by atoms with Crippen LogP contribution in [0.3, 0.4) is 0 Å². The van der Waals surface area contributed by atoms with Gasteiger partial charge in [0.05, 0.1) is 29.7 Å². The quantitative estimate of drug-likeness (QED) is 0.388. The van der Waals surface area contributed by atoms with E-state index in [0.717, 1.165) is 53.1 Å². The molecule has 1 amide bonds. The van der Waals surface area contributed by atoms with Crippen molar-refractivity contribution in [3.05, 3.63) is 89.5 Å². The van der Waals surface area contributed by atoms with E-state index in [1.165, 1.54) is 0 Å². The van der Waals surface area contributed by atoms with Crippen LogP contribution in [0.15, 0.2) is 67.0 Å². The Kier molecular flexibility index (Phi) is 6.80. The topological polar surface area (TPSA) is 69.0 Å². The lowest BCUT2D eigenvalue weighted by atomic mass is 10.1. The minimum absolute atomic E-state index is 0.154. The van der Waals surface area contributed by atoms with Crippen molar-refractivity contribution in [1.82, 2.24) is 19.9 Å². The molecule has 164 valence electrons. The highest BCUT2D eigenvalue weighted by Gasteiger charge is 2.12. The van der Waals surface area contributed by atoms with Crippen molar-refractivity contribution >= 4 is 16.9 Å². The van der Waals surface area contributed by atoms with Gasteiger partial charge in [-0.25, -0.2) is 4.98 Å². The standard InChI is InChI=1S/C26H28N4O2/c1-19-9-7-10-20(2)25(19)32-16-6-5-15-30-23-13-4-3-12-22(23)29-24(30)18-28-26(31)21-11-8-14-27-17-21/h3-4,7-14,17H,5-6,15-16,18H2,1-2H3,(H,28,31). The fourth-order valence-electron chi connectivity index (χ4n) is 3.84. The molecule has 2 aromatic carbocycles. The number of imidazole rings is 1. The van der Waals surface area contributed by atoms with Crippen molar-refractivity contribution in [2.75, 3.05) is 6.61 Å². The molecule has 0 saturated heterocycles. The van der Waals surface area contributed by atoms with Gasteiger partial charge in [0.15, 0.2) is 0 Å². The number of pyridine rings is 1. The summed E-state index contributed by atoms with van der Waals surface area (Å²) in [7, 11) is 0.